The molecule has 7 heteroatoms. The third-order valence-corrected chi connectivity index (χ3v) is 3.11. The summed E-state index contributed by atoms with van der Waals surface area (Å²) in [5.41, 5.74) is -0.191. The van der Waals surface area contributed by atoms with Gasteiger partial charge in [0.15, 0.2) is 5.69 Å². The summed E-state index contributed by atoms with van der Waals surface area (Å²) >= 11 is 0. The van der Waals surface area contributed by atoms with Crippen LogP contribution in [0.1, 0.15) is 27.4 Å². The van der Waals surface area contributed by atoms with E-state index < -0.39 is 11.9 Å². The van der Waals surface area contributed by atoms with Gasteiger partial charge in [-0.2, -0.15) is 0 Å². The Kier molecular flexibility index (Phi) is 4.19. The SMILES string of the molecule is COC[C@H]1C[C@@H]1NC(=O)c1cc(OC)cc(C(=O)O)n1. The molecule has 1 aromatic heterocycles. The molecule has 1 aliphatic rings. The Labute approximate surface area is 115 Å². The molecule has 0 bridgehead atoms. The van der Waals surface area contributed by atoms with E-state index in [2.05, 4.69) is 10.3 Å². The van der Waals surface area contributed by atoms with E-state index in [0.29, 0.717) is 12.5 Å². The fourth-order valence-corrected chi connectivity index (χ4v) is 1.91. The van der Waals surface area contributed by atoms with E-state index >= 15 is 0 Å². The van der Waals surface area contributed by atoms with E-state index in [1.165, 1.54) is 19.2 Å². The van der Waals surface area contributed by atoms with Gasteiger partial charge in [0.05, 0.1) is 13.7 Å². The fraction of sp³-hybridized carbons (Fsp3) is 0.462. The van der Waals surface area contributed by atoms with E-state index in [0.717, 1.165) is 6.42 Å². The van der Waals surface area contributed by atoms with Crippen LogP contribution < -0.4 is 10.1 Å². The molecule has 2 rings (SSSR count). The number of amides is 1. The van der Waals surface area contributed by atoms with Crippen molar-refractivity contribution in [2.24, 2.45) is 5.92 Å². The Morgan fingerprint density at radius 1 is 1.40 bits per heavy atom. The minimum atomic E-state index is -1.21. The first kappa shape index (κ1) is 14.3. The Morgan fingerprint density at radius 3 is 2.70 bits per heavy atom. The van der Waals surface area contributed by atoms with E-state index in [-0.39, 0.29) is 23.2 Å². The molecule has 0 radical (unpaired) electrons. The number of aromatic nitrogens is 1. The van der Waals surface area contributed by atoms with Crippen molar-refractivity contribution in [3.63, 3.8) is 0 Å². The lowest BCUT2D eigenvalue weighted by molar-refractivity contribution is 0.0690. The Morgan fingerprint density at radius 2 is 2.10 bits per heavy atom. The van der Waals surface area contributed by atoms with Crippen LogP contribution in [0.2, 0.25) is 0 Å². The first-order valence-electron chi connectivity index (χ1n) is 6.14. The van der Waals surface area contributed by atoms with Crippen LogP contribution in [0.3, 0.4) is 0 Å². The molecule has 1 fully saturated rings. The number of carboxylic acids is 1. The molecule has 0 unspecified atom stereocenters. The van der Waals surface area contributed by atoms with Gasteiger partial charge >= 0.3 is 5.97 Å². The number of methoxy groups -OCH3 is 2. The highest BCUT2D eigenvalue weighted by Crippen LogP contribution is 2.30. The van der Waals surface area contributed by atoms with Crippen molar-refractivity contribution in [3.8, 4) is 5.75 Å². The normalized spacial score (nSPS) is 20.3. The van der Waals surface area contributed by atoms with Crippen molar-refractivity contribution in [2.45, 2.75) is 12.5 Å². The average molecular weight is 280 g/mol. The second-order valence-corrected chi connectivity index (χ2v) is 4.61. The molecule has 1 aromatic rings. The molecule has 1 amide bonds. The standard InChI is InChI=1S/C13H16N2O5/c1-19-6-7-3-9(7)15-12(16)10-4-8(20-2)5-11(14-10)13(17)18/h4-5,7,9H,3,6H2,1-2H3,(H,15,16)(H,17,18)/t7-,9+/m1/s1. The topological polar surface area (TPSA) is 97.8 Å². The van der Waals surface area contributed by atoms with Crippen LogP contribution in [0.5, 0.6) is 5.75 Å². The summed E-state index contributed by atoms with van der Waals surface area (Å²) in [6, 6.07) is 2.74. The number of hydrogen-bond donors (Lipinski definition) is 2. The predicted molar refractivity (Wildman–Crippen MR) is 69.0 cm³/mol. The minimum Gasteiger partial charge on any atom is -0.497 e. The summed E-state index contributed by atoms with van der Waals surface area (Å²) in [6.45, 7) is 0.594. The molecule has 2 atom stereocenters. The van der Waals surface area contributed by atoms with Crippen LogP contribution >= 0.6 is 0 Å². The molecular weight excluding hydrogens is 264 g/mol. The van der Waals surface area contributed by atoms with E-state index in [1.54, 1.807) is 7.11 Å². The molecule has 0 spiro atoms. The molecule has 7 nitrogen and oxygen atoms in total. The zero-order valence-corrected chi connectivity index (χ0v) is 11.3. The van der Waals surface area contributed by atoms with E-state index in [1.807, 2.05) is 0 Å². The maximum absolute atomic E-state index is 12.0. The number of carbonyl (C=O) groups is 2. The molecule has 0 saturated heterocycles. The molecule has 108 valence electrons. The second kappa shape index (κ2) is 5.87. The van der Waals surface area contributed by atoms with Crippen molar-refractivity contribution < 1.29 is 24.2 Å². The van der Waals surface area contributed by atoms with Gasteiger partial charge < -0.3 is 19.9 Å². The quantitative estimate of drug-likeness (QED) is 0.790. The molecule has 0 aromatic carbocycles. The van der Waals surface area contributed by atoms with Gasteiger partial charge in [0.1, 0.15) is 11.4 Å². The molecule has 0 aliphatic heterocycles. The molecule has 2 N–H and O–H groups in total. The smallest absolute Gasteiger partial charge is 0.354 e. The second-order valence-electron chi connectivity index (χ2n) is 4.61. The summed E-state index contributed by atoms with van der Waals surface area (Å²) in [6.07, 6.45) is 0.856. The van der Waals surface area contributed by atoms with Crippen molar-refractivity contribution in [3.05, 3.63) is 23.5 Å². The third kappa shape index (κ3) is 3.24. The van der Waals surface area contributed by atoms with Crippen LogP contribution in [0.25, 0.3) is 0 Å². The highest BCUT2D eigenvalue weighted by atomic mass is 16.5. The Hall–Kier alpha value is -2.15. The van der Waals surface area contributed by atoms with Crippen molar-refractivity contribution in [2.75, 3.05) is 20.8 Å². The van der Waals surface area contributed by atoms with Crippen LogP contribution in [0.4, 0.5) is 0 Å². The largest absolute Gasteiger partial charge is 0.497 e. The van der Waals surface area contributed by atoms with Gasteiger partial charge in [0.25, 0.3) is 5.91 Å². The number of carboxylic acid groups (broad SMARTS) is 1. The molecular formula is C13H16N2O5. The highest BCUT2D eigenvalue weighted by Gasteiger charge is 2.38. The van der Waals surface area contributed by atoms with Gasteiger partial charge in [-0.1, -0.05) is 0 Å². The summed E-state index contributed by atoms with van der Waals surface area (Å²) in [5.74, 6) is -1.02. The summed E-state index contributed by atoms with van der Waals surface area (Å²) in [5, 5.41) is 11.7. The van der Waals surface area contributed by atoms with Crippen LogP contribution in [-0.4, -0.2) is 48.8 Å². The van der Waals surface area contributed by atoms with Crippen molar-refractivity contribution in [1.29, 1.82) is 0 Å². The van der Waals surface area contributed by atoms with Gasteiger partial charge in [-0.3, -0.25) is 4.79 Å². The highest BCUT2D eigenvalue weighted by molar-refractivity contribution is 5.95. The van der Waals surface area contributed by atoms with E-state index in [9.17, 15) is 9.59 Å². The lowest BCUT2D eigenvalue weighted by Gasteiger charge is -2.07. The number of ether oxygens (including phenoxy) is 2. The van der Waals surface area contributed by atoms with Crippen molar-refractivity contribution in [1.82, 2.24) is 10.3 Å². The van der Waals surface area contributed by atoms with Crippen molar-refractivity contribution >= 4 is 11.9 Å². The van der Waals surface area contributed by atoms with Gasteiger partial charge in [0.2, 0.25) is 0 Å². The maximum atomic E-state index is 12.0. The number of carbonyl (C=O) groups excluding carboxylic acids is 1. The number of rotatable bonds is 6. The van der Waals surface area contributed by atoms with Gasteiger partial charge in [-0.15, -0.1) is 0 Å². The summed E-state index contributed by atoms with van der Waals surface area (Å²) in [4.78, 5) is 26.8. The molecule has 1 heterocycles. The van der Waals surface area contributed by atoms with Gasteiger partial charge in [0, 0.05) is 31.2 Å². The third-order valence-electron chi connectivity index (χ3n) is 3.11. The number of nitrogens with zero attached hydrogens (tertiary/aromatic N) is 1. The van der Waals surface area contributed by atoms with Gasteiger partial charge in [-0.25, -0.2) is 9.78 Å². The molecule has 20 heavy (non-hydrogen) atoms. The Bertz CT molecular complexity index is 531. The predicted octanol–water partition coefficient (Wildman–Crippen LogP) is 0.553. The van der Waals surface area contributed by atoms with Gasteiger partial charge in [-0.05, 0) is 6.42 Å². The lowest BCUT2D eigenvalue weighted by Crippen LogP contribution is -2.28. The van der Waals surface area contributed by atoms with Crippen LogP contribution in [0.15, 0.2) is 12.1 Å². The van der Waals surface area contributed by atoms with E-state index in [4.69, 9.17) is 14.6 Å². The van der Waals surface area contributed by atoms with Crippen LogP contribution in [-0.2, 0) is 4.74 Å². The zero-order chi connectivity index (χ0) is 14.7. The maximum Gasteiger partial charge on any atom is 0.354 e. The summed E-state index contributed by atoms with van der Waals surface area (Å²) in [7, 11) is 3.01. The molecule has 1 aliphatic carbocycles. The first-order valence-corrected chi connectivity index (χ1v) is 6.14. The number of pyridine rings is 1. The monoisotopic (exact) mass is 280 g/mol. The lowest BCUT2D eigenvalue weighted by atomic mass is 10.2. The Balaban J connectivity index is 2.09. The average Bonchev–Trinajstić information content (AvgIpc) is 3.16. The van der Waals surface area contributed by atoms with Crippen LogP contribution in [0, 0.1) is 5.92 Å². The number of hydrogen-bond acceptors (Lipinski definition) is 5. The minimum absolute atomic E-state index is 0.0322. The number of aromatic carboxylic acids is 1. The first-order chi connectivity index (χ1) is 9.55. The summed E-state index contributed by atoms with van der Waals surface area (Å²) < 4.78 is 9.98. The fourth-order valence-electron chi connectivity index (χ4n) is 1.91. The number of nitrogens with one attached hydrogen (secondary N) is 1. The zero-order valence-electron chi connectivity index (χ0n) is 11.3. The molecule has 1 saturated carbocycles.